The van der Waals surface area contributed by atoms with Crippen molar-refractivity contribution < 1.29 is 17.6 Å². The summed E-state index contributed by atoms with van der Waals surface area (Å²) in [6, 6.07) is 11.5. The molecule has 0 aliphatic carbocycles. The van der Waals surface area contributed by atoms with Gasteiger partial charge in [-0.25, -0.2) is 12.8 Å². The minimum absolute atomic E-state index is 0.0266. The van der Waals surface area contributed by atoms with E-state index in [-0.39, 0.29) is 40.1 Å². The Balaban J connectivity index is 1.66. The molecule has 0 radical (unpaired) electrons. The molecule has 2 atom stereocenters. The van der Waals surface area contributed by atoms with Crippen LogP contribution in [0, 0.1) is 12.7 Å². The van der Waals surface area contributed by atoms with Gasteiger partial charge in [-0.05, 0) is 30.7 Å². The van der Waals surface area contributed by atoms with Crippen LogP contribution in [0.4, 0.5) is 10.1 Å². The Morgan fingerprint density at radius 3 is 2.79 bits per heavy atom. The normalized spacial score (nSPS) is 24.1. The zero-order valence-corrected chi connectivity index (χ0v) is 17.9. The minimum atomic E-state index is -3.18. The summed E-state index contributed by atoms with van der Waals surface area (Å²) in [6.07, 6.45) is 0.150. The summed E-state index contributed by atoms with van der Waals surface area (Å²) in [5.74, 6) is -0.894. The van der Waals surface area contributed by atoms with Crippen molar-refractivity contribution in [3.8, 4) is 0 Å². The van der Waals surface area contributed by atoms with Gasteiger partial charge in [-0.2, -0.15) is 4.99 Å². The van der Waals surface area contributed by atoms with Crippen LogP contribution in [0.1, 0.15) is 11.1 Å². The number of nitrogens with zero attached hydrogens (tertiary/aromatic N) is 2. The van der Waals surface area contributed by atoms with Crippen molar-refractivity contribution in [3.05, 3.63) is 64.4 Å². The molecule has 2 aromatic rings. The van der Waals surface area contributed by atoms with E-state index in [2.05, 4.69) is 4.99 Å². The molecule has 0 spiro atoms. The molecule has 29 heavy (non-hydrogen) atoms. The number of fused-ring (bicyclic) bond motifs is 1. The highest BCUT2D eigenvalue weighted by Crippen LogP contribution is 2.41. The summed E-state index contributed by atoms with van der Waals surface area (Å²) < 4.78 is 37.8. The Hall–Kier alpha value is -1.90. The van der Waals surface area contributed by atoms with Gasteiger partial charge in [0.05, 0.1) is 29.0 Å². The zero-order valence-electron chi connectivity index (χ0n) is 15.5. The molecule has 152 valence electrons. The van der Waals surface area contributed by atoms with Crippen LogP contribution in [0.15, 0.2) is 47.5 Å². The van der Waals surface area contributed by atoms with Gasteiger partial charge in [-0.3, -0.25) is 4.79 Å². The van der Waals surface area contributed by atoms with Crippen molar-refractivity contribution in [1.29, 1.82) is 0 Å². The van der Waals surface area contributed by atoms with E-state index in [1.54, 1.807) is 4.90 Å². The number of thioether (sulfide) groups is 1. The number of benzene rings is 2. The van der Waals surface area contributed by atoms with Crippen molar-refractivity contribution in [1.82, 2.24) is 0 Å². The molecule has 2 aliphatic heterocycles. The lowest BCUT2D eigenvalue weighted by Crippen LogP contribution is -2.37. The highest BCUT2D eigenvalue weighted by molar-refractivity contribution is 8.16. The van der Waals surface area contributed by atoms with Crippen molar-refractivity contribution in [3.63, 3.8) is 0 Å². The first-order valence-corrected chi connectivity index (χ1v) is 12.1. The van der Waals surface area contributed by atoms with Crippen LogP contribution in [-0.4, -0.2) is 42.3 Å². The Kier molecular flexibility index (Phi) is 5.44. The van der Waals surface area contributed by atoms with E-state index < -0.39 is 15.7 Å². The van der Waals surface area contributed by atoms with Gasteiger partial charge in [-0.15, -0.1) is 0 Å². The van der Waals surface area contributed by atoms with Crippen molar-refractivity contribution in [2.75, 3.05) is 16.4 Å². The summed E-state index contributed by atoms with van der Waals surface area (Å²) in [6.45, 7) is 1.95. The van der Waals surface area contributed by atoms with E-state index in [0.29, 0.717) is 10.9 Å². The van der Waals surface area contributed by atoms with Gasteiger partial charge in [0, 0.05) is 10.9 Å². The summed E-state index contributed by atoms with van der Waals surface area (Å²) in [5, 5.41) is 0.131. The number of hydrogen-bond acceptors (Lipinski definition) is 4. The lowest BCUT2D eigenvalue weighted by molar-refractivity contribution is -0.117. The molecule has 0 unspecified atom stereocenters. The van der Waals surface area contributed by atoms with Crippen LogP contribution in [0.2, 0.25) is 5.02 Å². The summed E-state index contributed by atoms with van der Waals surface area (Å²) in [4.78, 5) is 18.6. The molecule has 1 amide bonds. The monoisotopic (exact) mass is 452 g/mol. The lowest BCUT2D eigenvalue weighted by Gasteiger charge is -2.24. The molecule has 5 nitrogen and oxygen atoms in total. The maximum absolute atomic E-state index is 13.6. The maximum Gasteiger partial charge on any atom is 0.252 e. The fourth-order valence-corrected chi connectivity index (χ4v) is 7.75. The molecular weight excluding hydrogens is 435 g/mol. The van der Waals surface area contributed by atoms with Gasteiger partial charge in [0.25, 0.3) is 5.91 Å². The molecule has 2 heterocycles. The number of sulfone groups is 1. The molecule has 2 aromatic carbocycles. The van der Waals surface area contributed by atoms with Gasteiger partial charge in [0.1, 0.15) is 5.82 Å². The van der Waals surface area contributed by atoms with Crippen LogP contribution in [0.25, 0.3) is 0 Å². The Morgan fingerprint density at radius 1 is 1.28 bits per heavy atom. The highest BCUT2D eigenvalue weighted by atomic mass is 35.5. The molecule has 2 fully saturated rings. The van der Waals surface area contributed by atoms with E-state index in [0.717, 1.165) is 11.1 Å². The molecule has 0 aromatic heterocycles. The summed E-state index contributed by atoms with van der Waals surface area (Å²) in [5.41, 5.74) is 2.44. The predicted octanol–water partition coefficient (Wildman–Crippen LogP) is 3.63. The van der Waals surface area contributed by atoms with Crippen LogP contribution in [0.5, 0.6) is 0 Å². The number of aryl methyl sites for hydroxylation is 1. The predicted molar refractivity (Wildman–Crippen MR) is 115 cm³/mol. The number of halogens is 2. The number of amides is 1. The SMILES string of the molecule is Cc1cccc(CC(=O)N=C2S[C@H]3CS(=O)(=O)C[C@@H]3N2c2ccc(F)c(Cl)c2)c1. The number of carbonyl (C=O) groups is 1. The van der Waals surface area contributed by atoms with Crippen LogP contribution >= 0.6 is 23.4 Å². The third-order valence-corrected chi connectivity index (χ3v) is 8.41. The lowest BCUT2D eigenvalue weighted by atomic mass is 10.1. The van der Waals surface area contributed by atoms with Crippen LogP contribution in [0.3, 0.4) is 0 Å². The Labute approximate surface area is 177 Å². The van der Waals surface area contributed by atoms with Gasteiger partial charge in [-0.1, -0.05) is 53.2 Å². The first kappa shape index (κ1) is 20.4. The first-order valence-electron chi connectivity index (χ1n) is 9.00. The molecule has 0 N–H and O–H groups in total. The number of amidine groups is 1. The average Bonchev–Trinajstić information content (AvgIpc) is 3.08. The number of carbonyl (C=O) groups excluding carboxylic acids is 1. The fourth-order valence-electron chi connectivity index (χ4n) is 3.64. The second kappa shape index (κ2) is 7.74. The molecule has 0 saturated carbocycles. The average molecular weight is 453 g/mol. The quantitative estimate of drug-likeness (QED) is 0.711. The van der Waals surface area contributed by atoms with Gasteiger partial charge in [0.2, 0.25) is 0 Å². The second-order valence-electron chi connectivity index (χ2n) is 7.22. The molecule has 9 heteroatoms. The highest BCUT2D eigenvalue weighted by Gasteiger charge is 2.49. The van der Waals surface area contributed by atoms with Gasteiger partial charge in [0.15, 0.2) is 15.0 Å². The van der Waals surface area contributed by atoms with E-state index in [4.69, 9.17) is 11.6 Å². The third kappa shape index (κ3) is 4.34. The van der Waals surface area contributed by atoms with Crippen LogP contribution in [-0.2, 0) is 21.1 Å². The minimum Gasteiger partial charge on any atom is -0.316 e. The molecule has 2 aliphatic rings. The molecule has 2 saturated heterocycles. The van der Waals surface area contributed by atoms with Crippen molar-refractivity contribution >= 4 is 50.0 Å². The van der Waals surface area contributed by atoms with Gasteiger partial charge < -0.3 is 4.90 Å². The number of aliphatic imine (C=N–C) groups is 1. The standard InChI is InChI=1S/C20H18ClFN2O3S2/c1-12-3-2-4-13(7-12)8-19(25)23-20-24(14-5-6-16(22)15(21)9-14)17-10-29(26,27)11-18(17)28-20/h2-7,9,17-18H,8,10-11H2,1H3/t17-,18-/m0/s1. The molecular formula is C20H18ClFN2O3S2. The maximum atomic E-state index is 13.6. The first-order chi connectivity index (χ1) is 13.7. The molecule has 4 rings (SSSR count). The van der Waals surface area contributed by atoms with Gasteiger partial charge >= 0.3 is 0 Å². The smallest absolute Gasteiger partial charge is 0.252 e. The van der Waals surface area contributed by atoms with E-state index in [9.17, 15) is 17.6 Å². The largest absolute Gasteiger partial charge is 0.316 e. The van der Waals surface area contributed by atoms with E-state index >= 15 is 0 Å². The van der Waals surface area contributed by atoms with Crippen LogP contribution < -0.4 is 4.90 Å². The van der Waals surface area contributed by atoms with E-state index in [1.807, 2.05) is 31.2 Å². The Morgan fingerprint density at radius 2 is 2.07 bits per heavy atom. The summed E-state index contributed by atoms with van der Waals surface area (Å²) >= 11 is 7.21. The van der Waals surface area contributed by atoms with Crippen molar-refractivity contribution in [2.45, 2.75) is 24.6 Å². The summed E-state index contributed by atoms with van der Waals surface area (Å²) in [7, 11) is -3.18. The number of rotatable bonds is 3. The molecule has 0 bridgehead atoms. The number of hydrogen-bond donors (Lipinski definition) is 0. The third-order valence-electron chi connectivity index (χ3n) is 4.91. The Bertz CT molecular complexity index is 1120. The van der Waals surface area contributed by atoms with E-state index in [1.165, 1.54) is 30.0 Å². The second-order valence-corrected chi connectivity index (χ2v) is 11.0. The zero-order chi connectivity index (χ0) is 20.8. The topological polar surface area (TPSA) is 66.8 Å². The number of anilines is 1. The fraction of sp³-hybridized carbons (Fsp3) is 0.300. The van der Waals surface area contributed by atoms with Crippen molar-refractivity contribution in [2.24, 2.45) is 4.99 Å².